The SMILES string of the molecule is CCOc1ncc(NC(=O)c2cc3cccc(OC)c3oc2=O)cn1. The van der Waals surface area contributed by atoms with E-state index in [1.165, 1.54) is 25.6 Å². The number of fused-ring (bicyclic) bond motifs is 1. The molecule has 0 aliphatic rings. The Hall–Kier alpha value is -3.42. The van der Waals surface area contributed by atoms with Crippen LogP contribution in [-0.4, -0.2) is 29.6 Å². The van der Waals surface area contributed by atoms with E-state index in [0.29, 0.717) is 23.4 Å². The number of nitrogens with zero attached hydrogens (tertiary/aromatic N) is 2. The average Bonchev–Trinajstić information content (AvgIpc) is 2.62. The van der Waals surface area contributed by atoms with Gasteiger partial charge < -0.3 is 19.2 Å². The lowest BCUT2D eigenvalue weighted by atomic mass is 10.1. The molecule has 0 atom stereocenters. The Morgan fingerprint density at radius 1 is 1.28 bits per heavy atom. The van der Waals surface area contributed by atoms with E-state index in [-0.39, 0.29) is 17.2 Å². The number of carbonyl (C=O) groups excluding carboxylic acids is 1. The van der Waals surface area contributed by atoms with Gasteiger partial charge in [0.2, 0.25) is 0 Å². The monoisotopic (exact) mass is 341 g/mol. The Labute approximate surface area is 142 Å². The predicted octanol–water partition coefficient (Wildman–Crippen LogP) is 2.24. The summed E-state index contributed by atoms with van der Waals surface area (Å²) in [5.41, 5.74) is -0.273. The van der Waals surface area contributed by atoms with Gasteiger partial charge in [-0.25, -0.2) is 14.8 Å². The van der Waals surface area contributed by atoms with Gasteiger partial charge in [-0.05, 0) is 19.1 Å². The Bertz CT molecular complexity index is 966. The normalized spacial score (nSPS) is 10.5. The number of anilines is 1. The topological polar surface area (TPSA) is 104 Å². The Balaban J connectivity index is 1.89. The van der Waals surface area contributed by atoms with E-state index >= 15 is 0 Å². The molecule has 25 heavy (non-hydrogen) atoms. The first-order chi connectivity index (χ1) is 12.1. The number of nitrogens with one attached hydrogen (secondary N) is 1. The predicted molar refractivity (Wildman–Crippen MR) is 90.2 cm³/mol. The molecule has 0 fully saturated rings. The molecule has 2 aromatic heterocycles. The zero-order valence-corrected chi connectivity index (χ0v) is 13.6. The quantitative estimate of drug-likeness (QED) is 0.710. The maximum Gasteiger partial charge on any atom is 0.349 e. The fourth-order valence-electron chi connectivity index (χ4n) is 2.22. The lowest BCUT2D eigenvalue weighted by Gasteiger charge is -2.07. The molecule has 0 saturated carbocycles. The van der Waals surface area contributed by atoms with Crippen molar-refractivity contribution in [2.24, 2.45) is 0 Å². The van der Waals surface area contributed by atoms with Crippen LogP contribution in [0.5, 0.6) is 11.8 Å². The Kier molecular flexibility index (Phi) is 4.60. The number of hydrogen-bond acceptors (Lipinski definition) is 7. The second-order valence-corrected chi connectivity index (χ2v) is 4.97. The summed E-state index contributed by atoms with van der Waals surface area (Å²) in [6.45, 7) is 2.25. The fourth-order valence-corrected chi connectivity index (χ4v) is 2.22. The molecule has 0 bridgehead atoms. The van der Waals surface area contributed by atoms with E-state index in [4.69, 9.17) is 13.9 Å². The highest BCUT2D eigenvalue weighted by atomic mass is 16.5. The summed E-state index contributed by atoms with van der Waals surface area (Å²) in [6.07, 6.45) is 2.78. The van der Waals surface area contributed by atoms with Gasteiger partial charge in [0, 0.05) is 5.39 Å². The molecule has 0 aliphatic heterocycles. The third-order valence-electron chi connectivity index (χ3n) is 3.35. The largest absolute Gasteiger partial charge is 0.493 e. The summed E-state index contributed by atoms with van der Waals surface area (Å²) in [5, 5.41) is 3.13. The number of benzene rings is 1. The Morgan fingerprint density at radius 3 is 2.72 bits per heavy atom. The van der Waals surface area contributed by atoms with Gasteiger partial charge in [-0.1, -0.05) is 12.1 Å². The van der Waals surface area contributed by atoms with Crippen LogP contribution in [-0.2, 0) is 0 Å². The number of methoxy groups -OCH3 is 1. The first-order valence-electron chi connectivity index (χ1n) is 7.49. The lowest BCUT2D eigenvalue weighted by Crippen LogP contribution is -2.21. The number of para-hydroxylation sites is 1. The average molecular weight is 341 g/mol. The van der Waals surface area contributed by atoms with Crippen molar-refractivity contribution >= 4 is 22.6 Å². The molecule has 128 valence electrons. The van der Waals surface area contributed by atoms with Gasteiger partial charge in [-0.2, -0.15) is 0 Å². The molecule has 0 saturated heterocycles. The number of ether oxygens (including phenoxy) is 2. The minimum atomic E-state index is -0.763. The molecule has 2 heterocycles. The molecule has 0 spiro atoms. The molecule has 8 heteroatoms. The third kappa shape index (κ3) is 3.42. The van der Waals surface area contributed by atoms with Crippen molar-refractivity contribution in [3.8, 4) is 11.8 Å². The van der Waals surface area contributed by atoms with E-state index in [1.54, 1.807) is 18.2 Å². The van der Waals surface area contributed by atoms with Crippen molar-refractivity contribution in [2.75, 3.05) is 19.0 Å². The van der Waals surface area contributed by atoms with E-state index < -0.39 is 11.5 Å². The lowest BCUT2D eigenvalue weighted by molar-refractivity contribution is 0.102. The molecule has 1 N–H and O–H groups in total. The molecule has 1 amide bonds. The van der Waals surface area contributed by atoms with Crippen LogP contribution < -0.4 is 20.4 Å². The van der Waals surface area contributed by atoms with Crippen LogP contribution in [0.25, 0.3) is 11.0 Å². The van der Waals surface area contributed by atoms with Crippen LogP contribution >= 0.6 is 0 Å². The number of carbonyl (C=O) groups is 1. The first kappa shape index (κ1) is 16.4. The molecule has 3 aromatic rings. The minimum absolute atomic E-state index is 0.130. The van der Waals surface area contributed by atoms with Crippen molar-refractivity contribution in [2.45, 2.75) is 6.92 Å². The zero-order valence-electron chi connectivity index (χ0n) is 13.6. The number of hydrogen-bond donors (Lipinski definition) is 1. The van der Waals surface area contributed by atoms with Gasteiger partial charge in [-0.15, -0.1) is 0 Å². The third-order valence-corrected chi connectivity index (χ3v) is 3.35. The minimum Gasteiger partial charge on any atom is -0.493 e. The molecule has 1 aromatic carbocycles. The molecular formula is C17H15N3O5. The van der Waals surface area contributed by atoms with Crippen molar-refractivity contribution in [1.29, 1.82) is 0 Å². The van der Waals surface area contributed by atoms with Crippen LogP contribution in [0.4, 0.5) is 5.69 Å². The summed E-state index contributed by atoms with van der Waals surface area (Å²) < 4.78 is 15.5. The summed E-state index contributed by atoms with van der Waals surface area (Å²) in [6, 6.07) is 6.79. The number of aromatic nitrogens is 2. The molecule has 3 rings (SSSR count). The van der Waals surface area contributed by atoms with Crippen molar-refractivity contribution in [3.05, 3.63) is 52.6 Å². The van der Waals surface area contributed by atoms with Crippen LogP contribution in [0, 0.1) is 0 Å². The Morgan fingerprint density at radius 2 is 2.04 bits per heavy atom. The summed E-state index contributed by atoms with van der Waals surface area (Å²) >= 11 is 0. The highest BCUT2D eigenvalue weighted by Gasteiger charge is 2.16. The van der Waals surface area contributed by atoms with Gasteiger partial charge in [0.15, 0.2) is 11.3 Å². The van der Waals surface area contributed by atoms with Crippen molar-refractivity contribution in [3.63, 3.8) is 0 Å². The molecule has 0 radical (unpaired) electrons. The second kappa shape index (κ2) is 7.00. The summed E-state index contributed by atoms with van der Waals surface area (Å²) in [7, 11) is 1.47. The second-order valence-electron chi connectivity index (χ2n) is 4.97. The van der Waals surface area contributed by atoms with E-state index in [0.717, 1.165) is 0 Å². The van der Waals surface area contributed by atoms with Crippen LogP contribution in [0.2, 0.25) is 0 Å². The number of rotatable bonds is 5. The van der Waals surface area contributed by atoms with Gasteiger partial charge >= 0.3 is 11.6 Å². The van der Waals surface area contributed by atoms with Crippen LogP contribution in [0.3, 0.4) is 0 Å². The van der Waals surface area contributed by atoms with Gasteiger partial charge in [0.25, 0.3) is 5.91 Å². The summed E-state index contributed by atoms with van der Waals surface area (Å²) in [5.74, 6) is -0.201. The molecule has 0 unspecified atom stereocenters. The summed E-state index contributed by atoms with van der Waals surface area (Å²) in [4.78, 5) is 32.4. The smallest absolute Gasteiger partial charge is 0.349 e. The van der Waals surface area contributed by atoms with Crippen molar-refractivity contribution < 1.29 is 18.7 Å². The molecule has 0 aliphatic carbocycles. The van der Waals surface area contributed by atoms with E-state index in [9.17, 15) is 9.59 Å². The molecule has 8 nitrogen and oxygen atoms in total. The maximum absolute atomic E-state index is 12.4. The highest BCUT2D eigenvalue weighted by molar-refractivity contribution is 6.05. The molecular weight excluding hydrogens is 326 g/mol. The van der Waals surface area contributed by atoms with Crippen molar-refractivity contribution in [1.82, 2.24) is 9.97 Å². The van der Waals surface area contributed by atoms with E-state index in [1.807, 2.05) is 6.92 Å². The maximum atomic E-state index is 12.4. The number of amides is 1. The highest BCUT2D eigenvalue weighted by Crippen LogP contribution is 2.24. The van der Waals surface area contributed by atoms with E-state index in [2.05, 4.69) is 15.3 Å². The fraction of sp³-hybridized carbons (Fsp3) is 0.176. The van der Waals surface area contributed by atoms with Gasteiger partial charge in [-0.3, -0.25) is 4.79 Å². The van der Waals surface area contributed by atoms with Crippen LogP contribution in [0.15, 0.2) is 45.9 Å². The van der Waals surface area contributed by atoms with Gasteiger partial charge in [0.05, 0.1) is 31.8 Å². The zero-order chi connectivity index (χ0) is 17.8. The van der Waals surface area contributed by atoms with Gasteiger partial charge in [0.1, 0.15) is 5.56 Å². The standard InChI is InChI=1S/C17H15N3O5/c1-3-24-17-18-8-11(9-19-17)20-15(21)12-7-10-5-4-6-13(23-2)14(10)25-16(12)22/h4-9H,3H2,1-2H3,(H,20,21). The van der Waals surface area contributed by atoms with Crippen LogP contribution in [0.1, 0.15) is 17.3 Å². The first-order valence-corrected chi connectivity index (χ1v) is 7.49.